The molecular weight excluding hydrogens is 386 g/mol. The fourth-order valence-corrected chi connectivity index (χ4v) is 3.31. The summed E-state index contributed by atoms with van der Waals surface area (Å²) in [4.78, 5) is 15.9. The molecule has 0 unspecified atom stereocenters. The highest BCUT2D eigenvalue weighted by molar-refractivity contribution is 5.76. The molecule has 1 fully saturated rings. The van der Waals surface area contributed by atoms with E-state index in [9.17, 15) is 22.4 Å². The summed E-state index contributed by atoms with van der Waals surface area (Å²) in [6, 6.07) is 11.5. The zero-order valence-corrected chi connectivity index (χ0v) is 15.5. The van der Waals surface area contributed by atoms with Crippen molar-refractivity contribution >= 4 is 5.91 Å². The Labute approximate surface area is 166 Å². The van der Waals surface area contributed by atoms with E-state index in [2.05, 4.69) is 6.07 Å². The lowest BCUT2D eigenvalue weighted by Crippen LogP contribution is -2.33. The Hall–Kier alpha value is -2.92. The molecule has 8 heteroatoms. The summed E-state index contributed by atoms with van der Waals surface area (Å²) >= 11 is 0. The van der Waals surface area contributed by atoms with Gasteiger partial charge in [-0.05, 0) is 35.9 Å². The molecule has 0 radical (unpaired) electrons. The zero-order valence-electron chi connectivity index (χ0n) is 15.5. The third-order valence-electron chi connectivity index (χ3n) is 4.88. The molecule has 1 saturated heterocycles. The fourth-order valence-electron chi connectivity index (χ4n) is 3.31. The molecule has 0 aromatic heterocycles. The second kappa shape index (κ2) is 8.62. The predicted octanol–water partition coefficient (Wildman–Crippen LogP) is 3.95. The van der Waals surface area contributed by atoms with Gasteiger partial charge in [0.15, 0.2) is 0 Å². The molecule has 1 aliphatic heterocycles. The fraction of sp³-hybridized carbons (Fsp3) is 0.333. The molecule has 0 atom stereocenters. The first kappa shape index (κ1) is 20.8. The number of amides is 1. The van der Waals surface area contributed by atoms with Crippen molar-refractivity contribution in [2.24, 2.45) is 0 Å². The number of rotatable bonds is 4. The van der Waals surface area contributed by atoms with Crippen molar-refractivity contribution < 1.29 is 22.4 Å². The van der Waals surface area contributed by atoms with Crippen molar-refractivity contribution in [3.8, 4) is 6.07 Å². The predicted molar refractivity (Wildman–Crippen MR) is 97.9 cm³/mol. The van der Waals surface area contributed by atoms with Crippen LogP contribution < -0.4 is 0 Å². The van der Waals surface area contributed by atoms with Gasteiger partial charge in [0, 0.05) is 44.7 Å². The number of carbonyl (C=O) groups is 1. The standard InChI is InChI=1S/C21H19F4N3O/c22-19-5-4-18(21(23,24)25)11-17(19)14-28-9-8-27(7-6-20(28)29)13-16-3-1-2-15(10-16)12-26/h1-5,10-11H,6-9,13-14H2. The largest absolute Gasteiger partial charge is 0.416 e. The van der Waals surface area contributed by atoms with Gasteiger partial charge in [-0.3, -0.25) is 9.69 Å². The molecule has 0 spiro atoms. The van der Waals surface area contributed by atoms with Crippen molar-refractivity contribution in [1.82, 2.24) is 9.80 Å². The summed E-state index contributed by atoms with van der Waals surface area (Å²) in [6.45, 7) is 1.62. The van der Waals surface area contributed by atoms with Gasteiger partial charge in [-0.15, -0.1) is 0 Å². The maximum atomic E-state index is 14.0. The van der Waals surface area contributed by atoms with Crippen LogP contribution >= 0.6 is 0 Å². The summed E-state index contributed by atoms with van der Waals surface area (Å²) in [6.07, 6.45) is -4.38. The van der Waals surface area contributed by atoms with E-state index in [0.717, 1.165) is 17.7 Å². The number of nitriles is 1. The van der Waals surface area contributed by atoms with Crippen molar-refractivity contribution in [3.63, 3.8) is 0 Å². The maximum Gasteiger partial charge on any atom is 0.416 e. The van der Waals surface area contributed by atoms with Crippen LogP contribution in [0.2, 0.25) is 0 Å². The van der Waals surface area contributed by atoms with Crippen LogP contribution in [0.15, 0.2) is 42.5 Å². The molecule has 0 saturated carbocycles. The van der Waals surface area contributed by atoms with E-state index in [0.29, 0.717) is 31.3 Å². The molecule has 4 nitrogen and oxygen atoms in total. The lowest BCUT2D eigenvalue weighted by molar-refractivity contribution is -0.137. The highest BCUT2D eigenvalue weighted by Gasteiger charge is 2.31. The van der Waals surface area contributed by atoms with Crippen LogP contribution in [0.4, 0.5) is 17.6 Å². The molecule has 152 valence electrons. The summed E-state index contributed by atoms with van der Waals surface area (Å²) in [5.41, 5.74) is 0.405. The number of nitrogens with zero attached hydrogens (tertiary/aromatic N) is 3. The number of alkyl halides is 3. The number of halogens is 4. The van der Waals surface area contributed by atoms with Gasteiger partial charge in [-0.1, -0.05) is 12.1 Å². The third kappa shape index (κ3) is 5.33. The van der Waals surface area contributed by atoms with Crippen LogP contribution in [0.3, 0.4) is 0 Å². The van der Waals surface area contributed by atoms with Crippen molar-refractivity contribution in [3.05, 3.63) is 70.5 Å². The van der Waals surface area contributed by atoms with E-state index >= 15 is 0 Å². The lowest BCUT2D eigenvalue weighted by atomic mass is 10.1. The molecule has 0 bridgehead atoms. The number of hydrogen-bond donors (Lipinski definition) is 0. The van der Waals surface area contributed by atoms with E-state index < -0.39 is 17.6 Å². The molecule has 29 heavy (non-hydrogen) atoms. The van der Waals surface area contributed by atoms with Crippen LogP contribution in [-0.4, -0.2) is 35.3 Å². The van der Waals surface area contributed by atoms with Gasteiger partial charge in [0.1, 0.15) is 5.82 Å². The number of hydrogen-bond acceptors (Lipinski definition) is 3. The van der Waals surface area contributed by atoms with Crippen molar-refractivity contribution in [2.75, 3.05) is 19.6 Å². The minimum atomic E-state index is -4.57. The van der Waals surface area contributed by atoms with Crippen LogP contribution in [0.25, 0.3) is 0 Å². The topological polar surface area (TPSA) is 47.3 Å². The van der Waals surface area contributed by atoms with Gasteiger partial charge in [-0.25, -0.2) is 4.39 Å². The maximum absolute atomic E-state index is 14.0. The smallest absolute Gasteiger partial charge is 0.337 e. The van der Waals surface area contributed by atoms with E-state index in [-0.39, 0.29) is 31.0 Å². The van der Waals surface area contributed by atoms with Gasteiger partial charge in [0.2, 0.25) is 5.91 Å². The molecular formula is C21H19F4N3O. The average molecular weight is 405 g/mol. The molecule has 2 aromatic rings. The van der Waals surface area contributed by atoms with E-state index in [4.69, 9.17) is 5.26 Å². The quantitative estimate of drug-likeness (QED) is 0.724. The molecule has 2 aromatic carbocycles. The second-order valence-corrected chi connectivity index (χ2v) is 6.96. The first-order chi connectivity index (χ1) is 13.8. The molecule has 1 heterocycles. The Kier molecular flexibility index (Phi) is 6.18. The Balaban J connectivity index is 1.68. The van der Waals surface area contributed by atoms with Crippen LogP contribution in [0.5, 0.6) is 0 Å². The van der Waals surface area contributed by atoms with Gasteiger partial charge in [0.05, 0.1) is 17.2 Å². The van der Waals surface area contributed by atoms with E-state index in [1.165, 1.54) is 4.90 Å². The molecule has 1 amide bonds. The minimum Gasteiger partial charge on any atom is -0.337 e. The van der Waals surface area contributed by atoms with Crippen LogP contribution in [-0.2, 0) is 24.1 Å². The Morgan fingerprint density at radius 2 is 1.83 bits per heavy atom. The van der Waals surface area contributed by atoms with Crippen LogP contribution in [0.1, 0.15) is 28.7 Å². The minimum absolute atomic E-state index is 0.150. The third-order valence-corrected chi connectivity index (χ3v) is 4.88. The Bertz CT molecular complexity index is 936. The van der Waals surface area contributed by atoms with E-state index in [1.807, 2.05) is 11.0 Å². The normalized spacial score (nSPS) is 15.8. The lowest BCUT2D eigenvalue weighted by Gasteiger charge is -2.23. The highest BCUT2D eigenvalue weighted by atomic mass is 19.4. The molecule has 1 aliphatic rings. The van der Waals surface area contributed by atoms with Gasteiger partial charge < -0.3 is 4.90 Å². The second-order valence-electron chi connectivity index (χ2n) is 6.96. The number of benzene rings is 2. The SMILES string of the molecule is N#Cc1cccc(CN2CCC(=O)N(Cc3cc(C(F)(F)F)ccc3F)CC2)c1. The first-order valence-electron chi connectivity index (χ1n) is 9.11. The van der Waals surface area contributed by atoms with Gasteiger partial charge in [-0.2, -0.15) is 18.4 Å². The van der Waals surface area contributed by atoms with Crippen molar-refractivity contribution in [2.45, 2.75) is 25.7 Å². The monoisotopic (exact) mass is 405 g/mol. The molecule has 0 N–H and O–H groups in total. The van der Waals surface area contributed by atoms with E-state index in [1.54, 1.807) is 18.2 Å². The Morgan fingerprint density at radius 3 is 2.55 bits per heavy atom. The van der Waals surface area contributed by atoms with Gasteiger partial charge >= 0.3 is 6.18 Å². The Morgan fingerprint density at radius 1 is 1.03 bits per heavy atom. The molecule has 3 rings (SSSR count). The summed E-state index contributed by atoms with van der Waals surface area (Å²) in [7, 11) is 0. The van der Waals surface area contributed by atoms with Gasteiger partial charge in [0.25, 0.3) is 0 Å². The summed E-state index contributed by atoms with van der Waals surface area (Å²) in [5.74, 6) is -0.990. The summed E-state index contributed by atoms with van der Waals surface area (Å²) < 4.78 is 52.7. The van der Waals surface area contributed by atoms with Crippen molar-refractivity contribution in [1.29, 1.82) is 5.26 Å². The number of carbonyl (C=O) groups excluding carboxylic acids is 1. The van der Waals surface area contributed by atoms with Crippen LogP contribution in [0, 0.1) is 17.1 Å². The highest BCUT2D eigenvalue weighted by Crippen LogP contribution is 2.30. The average Bonchev–Trinajstić information content (AvgIpc) is 2.85. The zero-order chi connectivity index (χ0) is 21.0. The summed E-state index contributed by atoms with van der Waals surface area (Å²) in [5, 5.41) is 9.00. The molecule has 0 aliphatic carbocycles. The first-order valence-corrected chi connectivity index (χ1v) is 9.11.